The van der Waals surface area contributed by atoms with E-state index in [0.29, 0.717) is 13.0 Å². The summed E-state index contributed by atoms with van der Waals surface area (Å²) in [5, 5.41) is 6.34. The molecular weight excluding hydrogens is 203 g/mol. The number of alkyl halides is 1. The molecule has 0 amide bonds. The molecule has 0 spiro atoms. The van der Waals surface area contributed by atoms with Crippen molar-refractivity contribution < 1.29 is 4.39 Å². The molecule has 2 N–H and O–H groups in total. The zero-order valence-electron chi connectivity index (χ0n) is 10.8. The fraction of sp³-hybridized carbons (Fsp3) is 0.692. The molecule has 0 fully saturated rings. The van der Waals surface area contributed by atoms with Gasteiger partial charge in [0.25, 0.3) is 0 Å². The second kappa shape index (κ2) is 8.20. The van der Waals surface area contributed by atoms with Crippen molar-refractivity contribution in [1.82, 2.24) is 10.6 Å². The average molecular weight is 228 g/mol. The zero-order valence-corrected chi connectivity index (χ0v) is 10.8. The number of rotatable bonds is 9. The molecule has 94 valence electrons. The van der Waals surface area contributed by atoms with E-state index in [-0.39, 0.29) is 5.92 Å². The van der Waals surface area contributed by atoms with Gasteiger partial charge < -0.3 is 10.6 Å². The summed E-state index contributed by atoms with van der Waals surface area (Å²) in [4.78, 5) is 0. The minimum absolute atomic E-state index is 0.00798. The van der Waals surface area contributed by atoms with Crippen LogP contribution in [-0.4, -0.2) is 19.3 Å². The summed E-state index contributed by atoms with van der Waals surface area (Å²) in [5.41, 5.74) is 1.85. The molecule has 0 aliphatic carbocycles. The highest BCUT2D eigenvalue weighted by molar-refractivity contribution is 5.06. The molecule has 0 bridgehead atoms. The van der Waals surface area contributed by atoms with Gasteiger partial charge in [0.2, 0.25) is 0 Å². The number of hydrogen-bond acceptors (Lipinski definition) is 2. The molecule has 0 heterocycles. The van der Waals surface area contributed by atoms with Gasteiger partial charge in [0.05, 0.1) is 0 Å². The Morgan fingerprint density at radius 2 is 1.75 bits per heavy atom. The Morgan fingerprint density at radius 3 is 2.25 bits per heavy atom. The highest BCUT2D eigenvalue weighted by Gasteiger charge is 2.10. The molecule has 0 aliphatic rings. The number of nitrogens with one attached hydrogen (secondary N) is 2. The molecule has 0 aliphatic heterocycles. The SMILES string of the molecule is C=C(CC(=C)NCC(C)C(C)F)NCCC. The highest BCUT2D eigenvalue weighted by atomic mass is 19.1. The first kappa shape index (κ1) is 15.0. The lowest BCUT2D eigenvalue weighted by Crippen LogP contribution is -2.26. The summed E-state index contributed by atoms with van der Waals surface area (Å²) in [7, 11) is 0. The lowest BCUT2D eigenvalue weighted by molar-refractivity contribution is 0.261. The van der Waals surface area contributed by atoms with Crippen LogP contribution in [0.5, 0.6) is 0 Å². The largest absolute Gasteiger partial charge is 0.389 e. The first-order valence-electron chi connectivity index (χ1n) is 5.94. The van der Waals surface area contributed by atoms with Gasteiger partial charge in [0.1, 0.15) is 6.17 Å². The van der Waals surface area contributed by atoms with E-state index in [2.05, 4.69) is 30.7 Å². The molecule has 2 unspecified atom stereocenters. The van der Waals surface area contributed by atoms with Crippen molar-refractivity contribution in [2.75, 3.05) is 13.1 Å². The van der Waals surface area contributed by atoms with Crippen LogP contribution in [0.25, 0.3) is 0 Å². The fourth-order valence-electron chi connectivity index (χ4n) is 1.15. The van der Waals surface area contributed by atoms with Crippen LogP contribution >= 0.6 is 0 Å². The summed E-state index contributed by atoms with van der Waals surface area (Å²) in [6, 6.07) is 0. The van der Waals surface area contributed by atoms with E-state index in [9.17, 15) is 4.39 Å². The first-order chi connectivity index (χ1) is 7.47. The molecule has 2 atom stereocenters. The summed E-state index contributed by atoms with van der Waals surface area (Å²) < 4.78 is 12.9. The Bertz CT molecular complexity index is 224. The van der Waals surface area contributed by atoms with Crippen LogP contribution in [0.2, 0.25) is 0 Å². The first-order valence-corrected chi connectivity index (χ1v) is 5.94. The standard InChI is InChI=1S/C13H25FN2/c1-6-7-15-11(3)8-12(4)16-9-10(2)13(5)14/h10,13,15-16H,3-4,6-9H2,1-2,5H3. The second-order valence-electron chi connectivity index (χ2n) is 4.35. The van der Waals surface area contributed by atoms with E-state index in [4.69, 9.17) is 0 Å². The average Bonchev–Trinajstić information content (AvgIpc) is 2.22. The van der Waals surface area contributed by atoms with Gasteiger partial charge >= 0.3 is 0 Å². The van der Waals surface area contributed by atoms with Crippen molar-refractivity contribution >= 4 is 0 Å². The molecular formula is C13H25FN2. The third kappa shape index (κ3) is 7.32. The lowest BCUT2D eigenvalue weighted by atomic mass is 10.1. The fourth-order valence-corrected chi connectivity index (χ4v) is 1.15. The summed E-state index contributed by atoms with van der Waals surface area (Å²) >= 11 is 0. The van der Waals surface area contributed by atoms with Crippen LogP contribution < -0.4 is 10.6 Å². The van der Waals surface area contributed by atoms with Crippen molar-refractivity contribution in [3.8, 4) is 0 Å². The molecule has 0 saturated heterocycles. The number of hydrogen-bond donors (Lipinski definition) is 2. The Kier molecular flexibility index (Phi) is 7.69. The van der Waals surface area contributed by atoms with Gasteiger partial charge in [-0.25, -0.2) is 4.39 Å². The van der Waals surface area contributed by atoms with Crippen molar-refractivity contribution in [3.05, 3.63) is 24.6 Å². The maximum Gasteiger partial charge on any atom is 0.102 e. The molecule has 0 saturated carbocycles. The van der Waals surface area contributed by atoms with E-state index in [1.165, 1.54) is 0 Å². The molecule has 0 aromatic rings. The maximum absolute atomic E-state index is 12.9. The molecule has 0 rings (SSSR count). The van der Waals surface area contributed by atoms with E-state index in [0.717, 1.165) is 24.4 Å². The van der Waals surface area contributed by atoms with Crippen molar-refractivity contribution in [1.29, 1.82) is 0 Å². The Balaban J connectivity index is 3.70. The van der Waals surface area contributed by atoms with Crippen molar-refractivity contribution in [2.24, 2.45) is 5.92 Å². The Hall–Kier alpha value is -0.990. The van der Waals surface area contributed by atoms with Crippen molar-refractivity contribution in [2.45, 2.75) is 39.8 Å². The van der Waals surface area contributed by atoms with Gasteiger partial charge in [-0.1, -0.05) is 27.0 Å². The van der Waals surface area contributed by atoms with E-state index in [1.54, 1.807) is 6.92 Å². The monoisotopic (exact) mass is 228 g/mol. The molecule has 3 heteroatoms. The minimum Gasteiger partial charge on any atom is -0.389 e. The van der Waals surface area contributed by atoms with Gasteiger partial charge in [-0.15, -0.1) is 0 Å². The molecule has 16 heavy (non-hydrogen) atoms. The summed E-state index contributed by atoms with van der Waals surface area (Å²) in [6.45, 7) is 14.9. The smallest absolute Gasteiger partial charge is 0.102 e. The minimum atomic E-state index is -0.790. The van der Waals surface area contributed by atoms with Crippen LogP contribution in [0.1, 0.15) is 33.6 Å². The molecule has 2 nitrogen and oxygen atoms in total. The van der Waals surface area contributed by atoms with Crippen LogP contribution in [0.4, 0.5) is 4.39 Å². The molecule has 0 aromatic heterocycles. The summed E-state index contributed by atoms with van der Waals surface area (Å²) in [6.07, 6.45) is 0.990. The van der Waals surface area contributed by atoms with Gasteiger partial charge in [-0.2, -0.15) is 0 Å². The third-order valence-corrected chi connectivity index (χ3v) is 2.51. The molecule has 0 aromatic carbocycles. The third-order valence-electron chi connectivity index (χ3n) is 2.51. The van der Waals surface area contributed by atoms with Crippen LogP contribution in [0.15, 0.2) is 24.6 Å². The van der Waals surface area contributed by atoms with E-state index >= 15 is 0 Å². The normalized spacial score (nSPS) is 14.0. The summed E-state index contributed by atoms with van der Waals surface area (Å²) in [5.74, 6) is 0.00798. The van der Waals surface area contributed by atoms with Crippen LogP contribution in [0, 0.1) is 5.92 Å². The predicted molar refractivity (Wildman–Crippen MR) is 68.9 cm³/mol. The van der Waals surface area contributed by atoms with Crippen molar-refractivity contribution in [3.63, 3.8) is 0 Å². The van der Waals surface area contributed by atoms with E-state index in [1.807, 2.05) is 6.92 Å². The quantitative estimate of drug-likeness (QED) is 0.634. The molecule has 0 radical (unpaired) electrons. The Labute approximate surface area is 99.0 Å². The highest BCUT2D eigenvalue weighted by Crippen LogP contribution is 2.07. The topological polar surface area (TPSA) is 24.1 Å². The van der Waals surface area contributed by atoms with E-state index < -0.39 is 6.17 Å². The van der Waals surface area contributed by atoms with Crippen LogP contribution in [0.3, 0.4) is 0 Å². The lowest BCUT2D eigenvalue weighted by Gasteiger charge is -2.17. The van der Waals surface area contributed by atoms with Crippen LogP contribution in [-0.2, 0) is 0 Å². The predicted octanol–water partition coefficient (Wildman–Crippen LogP) is 2.99. The van der Waals surface area contributed by atoms with Gasteiger partial charge in [-0.3, -0.25) is 0 Å². The number of halogens is 1. The van der Waals surface area contributed by atoms with Gasteiger partial charge in [-0.05, 0) is 13.3 Å². The second-order valence-corrected chi connectivity index (χ2v) is 4.35. The van der Waals surface area contributed by atoms with Gasteiger partial charge in [0.15, 0.2) is 0 Å². The maximum atomic E-state index is 12.9. The van der Waals surface area contributed by atoms with Gasteiger partial charge in [0, 0.05) is 36.8 Å². The zero-order chi connectivity index (χ0) is 12.6. The Morgan fingerprint density at radius 1 is 1.19 bits per heavy atom.